The summed E-state index contributed by atoms with van der Waals surface area (Å²) in [6.07, 6.45) is 5.74. The lowest BCUT2D eigenvalue weighted by Gasteiger charge is -2.07. The molecule has 0 bridgehead atoms. The average molecular weight is 228 g/mol. The van der Waals surface area contributed by atoms with Crippen LogP contribution in [0.5, 0.6) is 0 Å². The minimum absolute atomic E-state index is 0.486. The van der Waals surface area contributed by atoms with Gasteiger partial charge in [-0.3, -0.25) is 4.79 Å². The van der Waals surface area contributed by atoms with Gasteiger partial charge in [0.15, 0.2) is 0 Å². The predicted molar refractivity (Wildman–Crippen MR) is 69.3 cm³/mol. The molecule has 0 amide bonds. The summed E-state index contributed by atoms with van der Waals surface area (Å²) >= 11 is 0. The number of hydrogen-bond acceptors (Lipinski definition) is 2. The first-order valence-electron chi connectivity index (χ1n) is 5.42. The van der Waals surface area contributed by atoms with Gasteiger partial charge in [0, 0.05) is 5.57 Å². The second-order valence-corrected chi connectivity index (χ2v) is 3.43. The topological polar surface area (TPSA) is 26.3 Å². The quantitative estimate of drug-likeness (QED) is 0.323. The molecule has 0 heterocycles. The highest BCUT2D eigenvalue weighted by atomic mass is 16.5. The first-order valence-corrected chi connectivity index (χ1v) is 5.42. The van der Waals surface area contributed by atoms with Gasteiger partial charge in [0.2, 0.25) is 0 Å². The van der Waals surface area contributed by atoms with Gasteiger partial charge >= 0.3 is 0 Å². The van der Waals surface area contributed by atoms with Crippen LogP contribution in [0.2, 0.25) is 0 Å². The molecule has 88 valence electrons. The van der Waals surface area contributed by atoms with Crippen molar-refractivity contribution >= 4 is 6.29 Å². The summed E-state index contributed by atoms with van der Waals surface area (Å²) < 4.78 is 5.59. The van der Waals surface area contributed by atoms with Crippen molar-refractivity contribution in [2.75, 3.05) is 0 Å². The standard InChI is InChI=1S/C15H16O2/c1-3-13(11-16)10-15(4-2)17-12-14-8-6-5-7-9-14/h3-11H,1,12H2,2H3/b13-10+,15-4+. The van der Waals surface area contributed by atoms with Crippen molar-refractivity contribution in [1.29, 1.82) is 0 Å². The van der Waals surface area contributed by atoms with Crippen molar-refractivity contribution in [2.24, 2.45) is 0 Å². The maximum absolute atomic E-state index is 10.6. The second-order valence-electron chi connectivity index (χ2n) is 3.43. The summed E-state index contributed by atoms with van der Waals surface area (Å²) in [5.74, 6) is 0.663. The SMILES string of the molecule is C=C/C(C=O)=C\C(=C/C)OCc1ccccc1. The zero-order chi connectivity index (χ0) is 12.5. The molecule has 0 aliphatic carbocycles. The van der Waals surface area contributed by atoms with E-state index < -0.39 is 0 Å². The van der Waals surface area contributed by atoms with E-state index in [1.807, 2.05) is 43.3 Å². The number of carbonyl (C=O) groups excluding carboxylic acids is 1. The van der Waals surface area contributed by atoms with Crippen LogP contribution in [0.25, 0.3) is 0 Å². The van der Waals surface area contributed by atoms with E-state index in [0.29, 0.717) is 17.9 Å². The van der Waals surface area contributed by atoms with Crippen molar-refractivity contribution < 1.29 is 9.53 Å². The molecule has 1 rings (SSSR count). The molecule has 0 saturated carbocycles. The van der Waals surface area contributed by atoms with E-state index in [0.717, 1.165) is 11.8 Å². The van der Waals surface area contributed by atoms with Gasteiger partial charge in [-0.1, -0.05) is 43.0 Å². The minimum Gasteiger partial charge on any atom is -0.489 e. The van der Waals surface area contributed by atoms with Gasteiger partial charge in [0.05, 0.1) is 0 Å². The summed E-state index contributed by atoms with van der Waals surface area (Å²) in [5.41, 5.74) is 1.60. The summed E-state index contributed by atoms with van der Waals surface area (Å²) in [4.78, 5) is 10.6. The molecule has 2 nitrogen and oxygen atoms in total. The van der Waals surface area contributed by atoms with Crippen LogP contribution in [-0.4, -0.2) is 6.29 Å². The molecule has 17 heavy (non-hydrogen) atoms. The molecule has 0 radical (unpaired) electrons. The van der Waals surface area contributed by atoms with Crippen LogP contribution >= 0.6 is 0 Å². The number of aldehydes is 1. The predicted octanol–water partition coefficient (Wildman–Crippen LogP) is 3.42. The zero-order valence-corrected chi connectivity index (χ0v) is 9.93. The Morgan fingerprint density at radius 3 is 2.59 bits per heavy atom. The number of allylic oxidation sites excluding steroid dienone is 4. The molecular weight excluding hydrogens is 212 g/mol. The first-order chi connectivity index (χ1) is 8.30. The monoisotopic (exact) mass is 228 g/mol. The van der Waals surface area contributed by atoms with Crippen molar-refractivity contribution in [3.05, 3.63) is 72.0 Å². The summed E-state index contributed by atoms with van der Waals surface area (Å²) in [7, 11) is 0. The van der Waals surface area contributed by atoms with Crippen LogP contribution < -0.4 is 0 Å². The van der Waals surface area contributed by atoms with Gasteiger partial charge in [-0.15, -0.1) is 0 Å². The number of ether oxygens (including phenoxy) is 1. The Morgan fingerprint density at radius 1 is 1.35 bits per heavy atom. The van der Waals surface area contributed by atoms with Gasteiger partial charge in [0.25, 0.3) is 0 Å². The van der Waals surface area contributed by atoms with E-state index in [1.54, 1.807) is 6.08 Å². The summed E-state index contributed by atoms with van der Waals surface area (Å²) in [5, 5.41) is 0. The fourth-order valence-electron chi connectivity index (χ4n) is 1.25. The molecule has 0 saturated heterocycles. The van der Waals surface area contributed by atoms with E-state index in [-0.39, 0.29) is 0 Å². The van der Waals surface area contributed by atoms with Crippen LogP contribution in [0.1, 0.15) is 12.5 Å². The van der Waals surface area contributed by atoms with Crippen LogP contribution in [0.4, 0.5) is 0 Å². The Balaban J connectivity index is 2.63. The van der Waals surface area contributed by atoms with Crippen molar-refractivity contribution in [2.45, 2.75) is 13.5 Å². The highest BCUT2D eigenvalue weighted by Crippen LogP contribution is 2.09. The first kappa shape index (κ1) is 13.0. The van der Waals surface area contributed by atoms with Gasteiger partial charge in [-0.05, 0) is 24.6 Å². The van der Waals surface area contributed by atoms with E-state index in [2.05, 4.69) is 6.58 Å². The van der Waals surface area contributed by atoms with Gasteiger partial charge in [-0.2, -0.15) is 0 Å². The van der Waals surface area contributed by atoms with Crippen molar-refractivity contribution in [3.63, 3.8) is 0 Å². The van der Waals surface area contributed by atoms with Crippen LogP contribution in [-0.2, 0) is 16.1 Å². The fraction of sp³-hybridized carbons (Fsp3) is 0.133. The van der Waals surface area contributed by atoms with Crippen LogP contribution in [0.15, 0.2) is 66.5 Å². The lowest BCUT2D eigenvalue weighted by molar-refractivity contribution is -0.104. The number of hydrogen-bond donors (Lipinski definition) is 0. The molecule has 0 fully saturated rings. The molecule has 0 N–H and O–H groups in total. The lowest BCUT2D eigenvalue weighted by atomic mass is 10.2. The Kier molecular flexibility index (Phi) is 5.52. The van der Waals surface area contributed by atoms with E-state index >= 15 is 0 Å². The molecule has 0 spiro atoms. The molecular formula is C15H16O2. The van der Waals surface area contributed by atoms with E-state index in [9.17, 15) is 4.79 Å². The average Bonchev–Trinajstić information content (AvgIpc) is 2.40. The molecule has 2 heteroatoms. The molecule has 0 atom stereocenters. The highest BCUT2D eigenvalue weighted by molar-refractivity contribution is 5.77. The number of rotatable bonds is 6. The van der Waals surface area contributed by atoms with Crippen LogP contribution in [0.3, 0.4) is 0 Å². The summed E-state index contributed by atoms with van der Waals surface area (Å²) in [6, 6.07) is 9.87. The fourth-order valence-corrected chi connectivity index (χ4v) is 1.25. The van der Waals surface area contributed by atoms with E-state index in [4.69, 9.17) is 4.74 Å². The third-order valence-corrected chi connectivity index (χ3v) is 2.21. The summed E-state index contributed by atoms with van der Waals surface area (Å²) in [6.45, 7) is 5.91. The highest BCUT2D eigenvalue weighted by Gasteiger charge is 1.97. The van der Waals surface area contributed by atoms with Gasteiger partial charge in [-0.25, -0.2) is 0 Å². The van der Waals surface area contributed by atoms with Crippen LogP contribution in [0, 0.1) is 0 Å². The van der Waals surface area contributed by atoms with E-state index in [1.165, 1.54) is 6.08 Å². The Bertz CT molecular complexity index is 417. The maximum atomic E-state index is 10.6. The molecule has 0 unspecified atom stereocenters. The molecule has 0 aliphatic heterocycles. The molecule has 1 aromatic carbocycles. The molecule has 0 aromatic heterocycles. The largest absolute Gasteiger partial charge is 0.489 e. The third kappa shape index (κ3) is 4.51. The second kappa shape index (κ2) is 7.23. The Hall–Kier alpha value is -2.09. The number of carbonyl (C=O) groups is 1. The van der Waals surface area contributed by atoms with Crippen molar-refractivity contribution in [3.8, 4) is 0 Å². The van der Waals surface area contributed by atoms with Crippen molar-refractivity contribution in [1.82, 2.24) is 0 Å². The van der Waals surface area contributed by atoms with Gasteiger partial charge in [0.1, 0.15) is 18.7 Å². The molecule has 1 aromatic rings. The number of benzene rings is 1. The normalized spacial score (nSPS) is 12.1. The Labute approximate surface area is 102 Å². The third-order valence-electron chi connectivity index (χ3n) is 2.21. The maximum Gasteiger partial charge on any atom is 0.150 e. The minimum atomic E-state index is 0.486. The van der Waals surface area contributed by atoms with Gasteiger partial charge < -0.3 is 4.74 Å². The zero-order valence-electron chi connectivity index (χ0n) is 9.93. The smallest absolute Gasteiger partial charge is 0.150 e. The Morgan fingerprint density at radius 2 is 2.06 bits per heavy atom. The molecule has 0 aliphatic rings. The lowest BCUT2D eigenvalue weighted by Crippen LogP contribution is -1.93.